The number of aliphatic hydroxyl groups excluding tert-OH is 1. The molecule has 4 aromatic rings. The molecule has 1 amide bonds. The quantitative estimate of drug-likeness (QED) is 0.0712. The van der Waals surface area contributed by atoms with Crippen LogP contribution in [-0.4, -0.2) is 40.2 Å². The van der Waals surface area contributed by atoms with Crippen LogP contribution in [-0.2, 0) is 15.3 Å². The van der Waals surface area contributed by atoms with Gasteiger partial charge in [0.2, 0.25) is 5.13 Å². The molecule has 216 valence electrons. The molecule has 1 aliphatic heterocycles. The van der Waals surface area contributed by atoms with Crippen LogP contribution < -0.4 is 14.4 Å². The smallest absolute Gasteiger partial charge is 0.301 e. The van der Waals surface area contributed by atoms with Crippen molar-refractivity contribution in [3.05, 3.63) is 101 Å². The molecule has 1 fully saturated rings. The summed E-state index contributed by atoms with van der Waals surface area (Å²) in [7, 11) is 0. The summed E-state index contributed by atoms with van der Waals surface area (Å²) >= 11 is 2.29. The van der Waals surface area contributed by atoms with E-state index < -0.39 is 29.3 Å². The second-order valence-electron chi connectivity index (χ2n) is 8.98. The van der Waals surface area contributed by atoms with Crippen molar-refractivity contribution >= 4 is 45.7 Å². The summed E-state index contributed by atoms with van der Waals surface area (Å²) in [6, 6.07) is 15.2. The van der Waals surface area contributed by atoms with E-state index in [4.69, 9.17) is 9.47 Å². The first kappa shape index (κ1) is 29.2. The van der Waals surface area contributed by atoms with E-state index in [2.05, 4.69) is 10.2 Å². The molecule has 1 N–H and O–H groups in total. The lowest BCUT2D eigenvalue weighted by Gasteiger charge is -2.23. The molecule has 0 spiro atoms. The molecule has 5 rings (SSSR count). The molecule has 12 heteroatoms. The first-order valence-corrected chi connectivity index (χ1v) is 14.8. The predicted octanol–water partition coefficient (Wildman–Crippen LogP) is 6.53. The monoisotopic (exact) mass is 609 g/mol. The maximum atomic E-state index is 14.1. The number of ketones is 1. The van der Waals surface area contributed by atoms with Gasteiger partial charge in [-0.15, -0.1) is 10.2 Å². The number of aromatic nitrogens is 2. The highest BCUT2D eigenvalue weighted by atomic mass is 32.2. The Morgan fingerprint density at radius 3 is 2.40 bits per heavy atom. The van der Waals surface area contributed by atoms with Gasteiger partial charge in [0, 0.05) is 11.3 Å². The zero-order valence-electron chi connectivity index (χ0n) is 22.5. The SMILES string of the molecule is CCOc1ccc(C2/C(=C(\O)c3ccc(F)cc3)C(=O)C(=O)N2c2nnc(SCc3ccccc3F)s2)cc1OCC. The molecule has 2 heterocycles. The highest BCUT2D eigenvalue weighted by Crippen LogP contribution is 2.45. The van der Waals surface area contributed by atoms with Crippen molar-refractivity contribution in [3.8, 4) is 11.5 Å². The second-order valence-corrected chi connectivity index (χ2v) is 11.2. The summed E-state index contributed by atoms with van der Waals surface area (Å²) in [6.45, 7) is 4.36. The average molecular weight is 610 g/mol. The van der Waals surface area contributed by atoms with Crippen LogP contribution in [0.3, 0.4) is 0 Å². The molecule has 8 nitrogen and oxygen atoms in total. The molecule has 1 saturated heterocycles. The van der Waals surface area contributed by atoms with Gasteiger partial charge >= 0.3 is 5.91 Å². The Kier molecular flexibility index (Phi) is 8.83. The third-order valence-electron chi connectivity index (χ3n) is 6.36. The number of Topliss-reactive ketones (excluding diaryl/α,β-unsaturated/α-hetero) is 1. The van der Waals surface area contributed by atoms with E-state index in [1.807, 2.05) is 13.8 Å². The zero-order chi connectivity index (χ0) is 29.8. The molecular formula is C30H25F2N3O5S2. The van der Waals surface area contributed by atoms with E-state index >= 15 is 0 Å². The fraction of sp³-hybridized carbons (Fsp3) is 0.200. The Morgan fingerprint density at radius 2 is 1.69 bits per heavy atom. The molecule has 42 heavy (non-hydrogen) atoms. The third-order valence-corrected chi connectivity index (χ3v) is 8.46. The summed E-state index contributed by atoms with van der Waals surface area (Å²) in [5.74, 6) is -2.05. The number of ether oxygens (including phenoxy) is 2. The van der Waals surface area contributed by atoms with Gasteiger partial charge in [-0.1, -0.05) is 47.4 Å². The molecule has 0 aliphatic carbocycles. The largest absolute Gasteiger partial charge is 0.507 e. The number of nitrogens with zero attached hydrogens (tertiary/aromatic N) is 3. The van der Waals surface area contributed by atoms with Crippen LogP contribution in [0.4, 0.5) is 13.9 Å². The lowest BCUT2D eigenvalue weighted by molar-refractivity contribution is -0.132. The van der Waals surface area contributed by atoms with Gasteiger partial charge in [0.1, 0.15) is 17.4 Å². The Morgan fingerprint density at radius 1 is 0.976 bits per heavy atom. The topological polar surface area (TPSA) is 102 Å². The summed E-state index contributed by atoms with van der Waals surface area (Å²) in [5, 5.41) is 19.7. The molecule has 0 saturated carbocycles. The number of rotatable bonds is 10. The maximum absolute atomic E-state index is 14.1. The summed E-state index contributed by atoms with van der Waals surface area (Å²) < 4.78 is 39.6. The third kappa shape index (κ3) is 5.86. The molecular weight excluding hydrogens is 584 g/mol. The Hall–Kier alpha value is -4.29. The van der Waals surface area contributed by atoms with Crippen LogP contribution in [0.5, 0.6) is 11.5 Å². The standard InChI is InChI=1S/C30H25F2N3O5S2/c1-3-39-22-14-11-18(15-23(22)40-4-2)25-24(26(36)17-9-12-20(31)13-10-17)27(37)28(38)35(25)29-33-34-30(42-29)41-16-19-7-5-6-8-21(19)32/h5-15,25,36H,3-4,16H2,1-2H3/b26-24+. The van der Waals surface area contributed by atoms with E-state index in [9.17, 15) is 23.5 Å². The highest BCUT2D eigenvalue weighted by Gasteiger charge is 2.48. The van der Waals surface area contributed by atoms with Crippen LogP contribution in [0.25, 0.3) is 5.76 Å². The van der Waals surface area contributed by atoms with Crippen LogP contribution in [0.2, 0.25) is 0 Å². The fourth-order valence-corrected chi connectivity index (χ4v) is 6.31. The molecule has 1 aromatic heterocycles. The summed E-state index contributed by atoms with van der Waals surface area (Å²) in [5.41, 5.74) is 0.889. The molecule has 1 unspecified atom stereocenters. The van der Waals surface area contributed by atoms with Crippen molar-refractivity contribution in [1.29, 1.82) is 0 Å². The number of aliphatic hydroxyl groups is 1. The van der Waals surface area contributed by atoms with Crippen molar-refractivity contribution in [2.75, 3.05) is 18.1 Å². The number of carbonyl (C=O) groups excluding carboxylic acids is 2. The summed E-state index contributed by atoms with van der Waals surface area (Å²) in [6.07, 6.45) is 0. The van der Waals surface area contributed by atoms with E-state index in [-0.39, 0.29) is 27.8 Å². The van der Waals surface area contributed by atoms with Gasteiger partial charge in [0.15, 0.2) is 15.8 Å². The van der Waals surface area contributed by atoms with Gasteiger partial charge in [-0.2, -0.15) is 0 Å². The Labute approximate surface area is 248 Å². The average Bonchev–Trinajstić information content (AvgIpc) is 3.55. The normalized spacial score (nSPS) is 16.2. The minimum Gasteiger partial charge on any atom is -0.507 e. The number of halogens is 2. The fourth-order valence-electron chi connectivity index (χ4n) is 4.46. The first-order valence-electron chi connectivity index (χ1n) is 13.0. The van der Waals surface area contributed by atoms with E-state index in [0.29, 0.717) is 40.2 Å². The number of amides is 1. The van der Waals surface area contributed by atoms with Crippen LogP contribution in [0, 0.1) is 11.6 Å². The number of carbonyl (C=O) groups is 2. The van der Waals surface area contributed by atoms with E-state index in [0.717, 1.165) is 23.5 Å². The Bertz CT molecular complexity index is 1660. The highest BCUT2D eigenvalue weighted by molar-refractivity contribution is 8.00. The number of hydrogen-bond donors (Lipinski definition) is 1. The summed E-state index contributed by atoms with van der Waals surface area (Å²) in [4.78, 5) is 28.1. The predicted molar refractivity (Wildman–Crippen MR) is 156 cm³/mol. The molecule has 0 radical (unpaired) electrons. The molecule has 0 bridgehead atoms. The molecule has 1 aliphatic rings. The maximum Gasteiger partial charge on any atom is 0.301 e. The Balaban J connectivity index is 1.59. The molecule has 1 atom stereocenters. The van der Waals surface area contributed by atoms with Crippen molar-refractivity contribution in [2.24, 2.45) is 0 Å². The van der Waals surface area contributed by atoms with E-state index in [1.54, 1.807) is 36.4 Å². The van der Waals surface area contributed by atoms with Crippen LogP contribution >= 0.6 is 23.1 Å². The number of benzene rings is 3. The van der Waals surface area contributed by atoms with Gasteiger partial charge < -0.3 is 14.6 Å². The van der Waals surface area contributed by atoms with Crippen LogP contribution in [0.1, 0.15) is 36.6 Å². The van der Waals surface area contributed by atoms with Crippen molar-refractivity contribution in [1.82, 2.24) is 10.2 Å². The number of anilines is 1. The van der Waals surface area contributed by atoms with Crippen molar-refractivity contribution < 1.29 is 33.0 Å². The van der Waals surface area contributed by atoms with Gasteiger partial charge in [-0.3, -0.25) is 14.5 Å². The van der Waals surface area contributed by atoms with Gasteiger partial charge in [0.25, 0.3) is 5.78 Å². The number of hydrogen-bond acceptors (Lipinski definition) is 9. The zero-order valence-corrected chi connectivity index (χ0v) is 24.2. The van der Waals surface area contributed by atoms with Gasteiger partial charge in [0.05, 0.1) is 24.8 Å². The van der Waals surface area contributed by atoms with Crippen molar-refractivity contribution in [3.63, 3.8) is 0 Å². The molecule has 3 aromatic carbocycles. The van der Waals surface area contributed by atoms with Gasteiger partial charge in [-0.05, 0) is 67.4 Å². The second kappa shape index (κ2) is 12.7. The van der Waals surface area contributed by atoms with Gasteiger partial charge in [-0.25, -0.2) is 8.78 Å². The van der Waals surface area contributed by atoms with Crippen molar-refractivity contribution in [2.45, 2.75) is 30.0 Å². The van der Waals surface area contributed by atoms with E-state index in [1.165, 1.54) is 34.9 Å². The number of thioether (sulfide) groups is 1. The van der Waals surface area contributed by atoms with Crippen LogP contribution in [0.15, 0.2) is 76.6 Å². The minimum absolute atomic E-state index is 0.114. The lowest BCUT2D eigenvalue weighted by atomic mass is 9.95. The first-order chi connectivity index (χ1) is 20.3. The minimum atomic E-state index is -1.11. The lowest BCUT2D eigenvalue weighted by Crippen LogP contribution is -2.29.